The molecule has 1 N–H and O–H groups in total. The monoisotopic (exact) mass is 465 g/mol. The summed E-state index contributed by atoms with van der Waals surface area (Å²) in [6, 6.07) is 14.6. The lowest BCUT2D eigenvalue weighted by molar-refractivity contribution is -0.116. The van der Waals surface area contributed by atoms with Crippen molar-refractivity contribution in [1.29, 1.82) is 0 Å². The van der Waals surface area contributed by atoms with Crippen LogP contribution >= 0.6 is 0 Å². The number of anilines is 1. The van der Waals surface area contributed by atoms with E-state index in [1.807, 2.05) is 55.8 Å². The van der Waals surface area contributed by atoms with Crippen LogP contribution in [0.25, 0.3) is 21.9 Å². The lowest BCUT2D eigenvalue weighted by Crippen LogP contribution is -2.30. The number of carbonyl (C=O) groups excluding carboxylic acids is 1. The number of aromatic nitrogens is 3. The van der Waals surface area contributed by atoms with Crippen molar-refractivity contribution >= 4 is 43.6 Å². The van der Waals surface area contributed by atoms with Gasteiger partial charge in [-0.2, -0.15) is 4.31 Å². The van der Waals surface area contributed by atoms with Crippen molar-refractivity contribution in [3.8, 4) is 0 Å². The van der Waals surface area contributed by atoms with Crippen LogP contribution in [-0.4, -0.2) is 46.3 Å². The van der Waals surface area contributed by atoms with Crippen LogP contribution in [0.1, 0.15) is 26.1 Å². The fourth-order valence-electron chi connectivity index (χ4n) is 3.91. The lowest BCUT2D eigenvalue weighted by atomic mass is 10.2. The van der Waals surface area contributed by atoms with Crippen LogP contribution in [0.15, 0.2) is 59.6 Å². The Balaban J connectivity index is 1.49. The van der Waals surface area contributed by atoms with Gasteiger partial charge in [-0.05, 0) is 30.3 Å². The molecule has 2 heterocycles. The first kappa shape index (κ1) is 22.9. The number of benzene rings is 2. The topological polar surface area (TPSA) is 97.2 Å². The van der Waals surface area contributed by atoms with Gasteiger partial charge in [-0.1, -0.05) is 32.0 Å². The molecule has 2 aromatic heterocycles. The molecule has 4 aromatic rings. The van der Waals surface area contributed by atoms with Gasteiger partial charge in [0.1, 0.15) is 5.82 Å². The molecular weight excluding hydrogens is 438 g/mol. The number of rotatable bonds is 8. The zero-order valence-corrected chi connectivity index (χ0v) is 19.8. The summed E-state index contributed by atoms with van der Waals surface area (Å²) in [6.07, 6.45) is 2.32. The summed E-state index contributed by atoms with van der Waals surface area (Å²) in [7, 11) is -1.69. The molecule has 4 rings (SSSR count). The van der Waals surface area contributed by atoms with Crippen molar-refractivity contribution in [1.82, 2.24) is 18.8 Å². The summed E-state index contributed by atoms with van der Waals surface area (Å²) in [5.74, 6) is 0.582. The van der Waals surface area contributed by atoms with Gasteiger partial charge >= 0.3 is 0 Å². The molecule has 33 heavy (non-hydrogen) atoms. The number of imidazole rings is 1. The lowest BCUT2D eigenvalue weighted by Gasteiger charge is -2.18. The van der Waals surface area contributed by atoms with Crippen molar-refractivity contribution in [2.45, 2.75) is 31.6 Å². The number of fused-ring (bicyclic) bond motifs is 2. The Labute approximate surface area is 193 Å². The van der Waals surface area contributed by atoms with Crippen molar-refractivity contribution in [3.63, 3.8) is 0 Å². The summed E-state index contributed by atoms with van der Waals surface area (Å²) in [4.78, 5) is 21.7. The van der Waals surface area contributed by atoms with E-state index in [2.05, 4.69) is 15.3 Å². The van der Waals surface area contributed by atoms with Crippen molar-refractivity contribution in [2.24, 2.45) is 7.05 Å². The van der Waals surface area contributed by atoms with E-state index < -0.39 is 10.0 Å². The molecule has 0 spiro atoms. The summed E-state index contributed by atoms with van der Waals surface area (Å²) in [5.41, 5.74) is 2.94. The molecule has 0 aliphatic rings. The van der Waals surface area contributed by atoms with Crippen LogP contribution < -0.4 is 5.32 Å². The largest absolute Gasteiger partial charge is 0.331 e. The average Bonchev–Trinajstić information content (AvgIpc) is 3.13. The van der Waals surface area contributed by atoms with Crippen LogP contribution in [0.5, 0.6) is 0 Å². The first-order valence-electron chi connectivity index (χ1n) is 10.9. The van der Waals surface area contributed by atoms with Gasteiger partial charge in [-0.15, -0.1) is 0 Å². The summed E-state index contributed by atoms with van der Waals surface area (Å²) >= 11 is 0. The maximum Gasteiger partial charge on any atom is 0.243 e. The molecule has 0 unspecified atom stereocenters. The van der Waals surface area contributed by atoms with Gasteiger partial charge in [0.05, 0.1) is 33.3 Å². The Morgan fingerprint density at radius 3 is 2.58 bits per heavy atom. The molecule has 0 radical (unpaired) electrons. The standard InChI is InChI=1S/C24H27N5O3S/c1-4-29(5-2)33(31,32)19-10-11-22-21(15-19)27-23(28(22)3)12-13-24(30)26-18-14-17-8-6-7-9-20(17)25-16-18/h6-11,14-16H,4-5,12-13H2,1-3H3,(H,26,30). The van der Waals surface area contributed by atoms with Crippen LogP contribution in [-0.2, 0) is 28.3 Å². The number of nitrogens with zero attached hydrogens (tertiary/aromatic N) is 4. The number of hydrogen-bond acceptors (Lipinski definition) is 5. The molecule has 0 aliphatic carbocycles. The number of sulfonamides is 1. The van der Waals surface area contributed by atoms with Crippen molar-refractivity contribution in [2.75, 3.05) is 18.4 Å². The van der Waals surface area contributed by atoms with Crippen LogP contribution in [0.3, 0.4) is 0 Å². The van der Waals surface area contributed by atoms with E-state index in [1.54, 1.807) is 24.4 Å². The minimum atomic E-state index is -3.56. The second kappa shape index (κ2) is 9.29. The molecule has 0 bridgehead atoms. The van der Waals surface area contributed by atoms with Gasteiger partial charge in [0, 0.05) is 38.4 Å². The predicted molar refractivity (Wildman–Crippen MR) is 130 cm³/mol. The molecule has 9 heteroatoms. The molecule has 8 nitrogen and oxygen atoms in total. The summed E-state index contributed by atoms with van der Waals surface area (Å²) in [5, 5.41) is 3.85. The Morgan fingerprint density at radius 1 is 1.06 bits per heavy atom. The normalized spacial score (nSPS) is 12.0. The van der Waals surface area contributed by atoms with Gasteiger partial charge in [-0.3, -0.25) is 9.78 Å². The fraction of sp³-hybridized carbons (Fsp3) is 0.292. The number of aryl methyl sites for hydroxylation is 2. The highest BCUT2D eigenvalue weighted by Crippen LogP contribution is 2.23. The maximum atomic E-state index is 12.8. The molecular formula is C24H27N5O3S. The Hall–Kier alpha value is -3.30. The van der Waals surface area contributed by atoms with Crippen LogP contribution in [0, 0.1) is 0 Å². The average molecular weight is 466 g/mol. The van der Waals surface area contributed by atoms with Gasteiger partial charge < -0.3 is 9.88 Å². The van der Waals surface area contributed by atoms with Crippen molar-refractivity contribution in [3.05, 3.63) is 60.6 Å². The molecule has 1 amide bonds. The highest BCUT2D eigenvalue weighted by molar-refractivity contribution is 7.89. The Kier molecular flexibility index (Phi) is 6.44. The fourth-order valence-corrected chi connectivity index (χ4v) is 5.39. The Morgan fingerprint density at radius 2 is 1.82 bits per heavy atom. The number of pyridine rings is 1. The molecule has 0 aliphatic heterocycles. The predicted octanol–water partition coefficient (Wildman–Crippen LogP) is 3.72. The molecule has 0 saturated carbocycles. The quantitative estimate of drug-likeness (QED) is 0.428. The van der Waals surface area contributed by atoms with Gasteiger partial charge in [-0.25, -0.2) is 13.4 Å². The first-order chi connectivity index (χ1) is 15.8. The molecule has 172 valence electrons. The number of nitrogens with one attached hydrogen (secondary N) is 1. The SMILES string of the molecule is CCN(CC)S(=O)(=O)c1ccc2c(c1)nc(CCC(=O)Nc1cnc3ccccc3c1)n2C. The molecule has 0 atom stereocenters. The highest BCUT2D eigenvalue weighted by atomic mass is 32.2. The van der Waals surface area contributed by atoms with Gasteiger partial charge in [0.2, 0.25) is 15.9 Å². The minimum Gasteiger partial charge on any atom is -0.331 e. The zero-order chi connectivity index (χ0) is 23.6. The van der Waals surface area contributed by atoms with E-state index in [0.29, 0.717) is 36.5 Å². The van der Waals surface area contributed by atoms with E-state index in [-0.39, 0.29) is 17.2 Å². The minimum absolute atomic E-state index is 0.135. The van der Waals surface area contributed by atoms with Gasteiger partial charge in [0.15, 0.2) is 0 Å². The summed E-state index contributed by atoms with van der Waals surface area (Å²) in [6.45, 7) is 4.45. The van der Waals surface area contributed by atoms with E-state index in [9.17, 15) is 13.2 Å². The number of amides is 1. The van der Waals surface area contributed by atoms with E-state index in [1.165, 1.54) is 4.31 Å². The molecule has 0 fully saturated rings. The number of carbonyl (C=O) groups is 1. The van der Waals surface area contributed by atoms with E-state index in [4.69, 9.17) is 0 Å². The molecule has 0 saturated heterocycles. The van der Waals surface area contributed by atoms with Crippen LogP contribution in [0.4, 0.5) is 5.69 Å². The zero-order valence-electron chi connectivity index (χ0n) is 18.9. The van der Waals surface area contributed by atoms with E-state index >= 15 is 0 Å². The smallest absolute Gasteiger partial charge is 0.243 e. The van der Waals surface area contributed by atoms with E-state index in [0.717, 1.165) is 16.4 Å². The van der Waals surface area contributed by atoms with Gasteiger partial charge in [0.25, 0.3) is 0 Å². The Bertz CT molecular complexity index is 1420. The second-order valence-corrected chi connectivity index (χ2v) is 9.73. The number of para-hydroxylation sites is 1. The first-order valence-corrected chi connectivity index (χ1v) is 12.4. The third kappa shape index (κ3) is 4.60. The van der Waals surface area contributed by atoms with Crippen molar-refractivity contribution < 1.29 is 13.2 Å². The third-order valence-corrected chi connectivity index (χ3v) is 7.78. The highest BCUT2D eigenvalue weighted by Gasteiger charge is 2.22. The third-order valence-electron chi connectivity index (χ3n) is 5.74. The summed E-state index contributed by atoms with van der Waals surface area (Å²) < 4.78 is 29.0. The molecule has 2 aromatic carbocycles. The maximum absolute atomic E-state index is 12.8. The number of hydrogen-bond donors (Lipinski definition) is 1. The van der Waals surface area contributed by atoms with Crippen LogP contribution in [0.2, 0.25) is 0 Å². The second-order valence-electron chi connectivity index (χ2n) is 7.79.